The third-order valence-electron chi connectivity index (χ3n) is 3.95. The van der Waals surface area contributed by atoms with Gasteiger partial charge in [-0.3, -0.25) is 14.4 Å². The van der Waals surface area contributed by atoms with Gasteiger partial charge in [-0.25, -0.2) is 0 Å². The minimum absolute atomic E-state index is 0.272. The topological polar surface area (TPSA) is 77.4 Å². The molecule has 1 heterocycles. The summed E-state index contributed by atoms with van der Waals surface area (Å²) >= 11 is 3.27. The standard InChI is InChI=1S/C18H19BrN2O4/c1-11-8-14(12(2)21(11)3)16(22)10-25-17(23)9-20-18(24)13-6-4-5-7-15(13)19/h4-8H,9-10H2,1-3H3,(H,20,24). The maximum atomic E-state index is 12.2. The number of rotatable bonds is 6. The summed E-state index contributed by atoms with van der Waals surface area (Å²) in [5, 5.41) is 2.47. The van der Waals surface area contributed by atoms with Crippen molar-refractivity contribution in [2.45, 2.75) is 13.8 Å². The second-order valence-electron chi connectivity index (χ2n) is 5.59. The summed E-state index contributed by atoms with van der Waals surface area (Å²) in [6.07, 6.45) is 0. The van der Waals surface area contributed by atoms with E-state index in [4.69, 9.17) is 4.74 Å². The minimum atomic E-state index is -0.668. The number of aryl methyl sites for hydroxylation is 1. The third-order valence-corrected chi connectivity index (χ3v) is 4.64. The zero-order valence-electron chi connectivity index (χ0n) is 14.3. The Kier molecular flexibility index (Phi) is 6.14. The Morgan fingerprint density at radius 2 is 1.84 bits per heavy atom. The molecule has 0 radical (unpaired) electrons. The van der Waals surface area contributed by atoms with Crippen molar-refractivity contribution in [3.05, 3.63) is 57.3 Å². The van der Waals surface area contributed by atoms with Crippen LogP contribution in [-0.4, -0.2) is 35.4 Å². The summed E-state index contributed by atoms with van der Waals surface area (Å²) in [5.41, 5.74) is 2.72. The number of benzene rings is 1. The van der Waals surface area contributed by atoms with Crippen LogP contribution in [0.2, 0.25) is 0 Å². The zero-order valence-corrected chi connectivity index (χ0v) is 15.8. The molecule has 1 aromatic carbocycles. The van der Waals surface area contributed by atoms with Crippen molar-refractivity contribution in [1.29, 1.82) is 0 Å². The molecule has 25 heavy (non-hydrogen) atoms. The molecule has 2 rings (SSSR count). The van der Waals surface area contributed by atoms with E-state index in [1.54, 1.807) is 30.3 Å². The summed E-state index contributed by atoms with van der Waals surface area (Å²) in [6.45, 7) is 3.07. The number of ether oxygens (including phenoxy) is 1. The first-order chi connectivity index (χ1) is 11.8. The SMILES string of the molecule is Cc1cc(C(=O)COC(=O)CNC(=O)c2ccccc2Br)c(C)n1C. The van der Waals surface area contributed by atoms with E-state index in [2.05, 4.69) is 21.2 Å². The molecule has 0 bridgehead atoms. The average molecular weight is 407 g/mol. The predicted molar refractivity (Wildman–Crippen MR) is 96.7 cm³/mol. The molecule has 0 saturated heterocycles. The van der Waals surface area contributed by atoms with Gasteiger partial charge < -0.3 is 14.6 Å². The fourth-order valence-electron chi connectivity index (χ4n) is 2.31. The van der Waals surface area contributed by atoms with E-state index in [0.29, 0.717) is 15.6 Å². The van der Waals surface area contributed by atoms with Gasteiger partial charge in [-0.2, -0.15) is 0 Å². The third kappa shape index (κ3) is 4.57. The Labute approximate surface area is 154 Å². The van der Waals surface area contributed by atoms with Crippen LogP contribution in [-0.2, 0) is 16.6 Å². The van der Waals surface area contributed by atoms with Gasteiger partial charge in [0, 0.05) is 28.5 Å². The molecule has 0 aliphatic heterocycles. The van der Waals surface area contributed by atoms with Crippen molar-refractivity contribution >= 4 is 33.6 Å². The van der Waals surface area contributed by atoms with Gasteiger partial charge in [-0.15, -0.1) is 0 Å². The molecule has 1 amide bonds. The number of carbonyl (C=O) groups excluding carboxylic acids is 3. The van der Waals surface area contributed by atoms with Gasteiger partial charge in [0.05, 0.1) is 5.56 Å². The number of nitrogens with zero attached hydrogens (tertiary/aromatic N) is 1. The summed E-state index contributed by atoms with van der Waals surface area (Å²) in [6, 6.07) is 8.64. The lowest BCUT2D eigenvalue weighted by Crippen LogP contribution is -2.31. The van der Waals surface area contributed by atoms with Crippen LogP contribution < -0.4 is 5.32 Å². The van der Waals surface area contributed by atoms with Crippen molar-refractivity contribution in [2.75, 3.05) is 13.2 Å². The highest BCUT2D eigenvalue weighted by Gasteiger charge is 2.17. The molecule has 7 heteroatoms. The minimum Gasteiger partial charge on any atom is -0.456 e. The summed E-state index contributed by atoms with van der Waals surface area (Å²) in [4.78, 5) is 35.9. The van der Waals surface area contributed by atoms with Crippen molar-refractivity contribution in [1.82, 2.24) is 9.88 Å². The molecule has 1 aromatic heterocycles. The van der Waals surface area contributed by atoms with Crippen LogP contribution in [0.4, 0.5) is 0 Å². The Balaban J connectivity index is 1.84. The molecule has 0 saturated carbocycles. The van der Waals surface area contributed by atoms with E-state index in [-0.39, 0.29) is 18.9 Å². The number of hydrogen-bond acceptors (Lipinski definition) is 4. The Morgan fingerprint density at radius 3 is 2.44 bits per heavy atom. The number of esters is 1. The van der Waals surface area contributed by atoms with Crippen LogP contribution in [0.3, 0.4) is 0 Å². The van der Waals surface area contributed by atoms with E-state index in [1.165, 1.54) is 0 Å². The predicted octanol–water partition coefficient (Wildman–Crippen LogP) is 2.56. The van der Waals surface area contributed by atoms with Crippen LogP contribution >= 0.6 is 15.9 Å². The van der Waals surface area contributed by atoms with E-state index < -0.39 is 11.9 Å². The van der Waals surface area contributed by atoms with Crippen molar-refractivity contribution in [3.8, 4) is 0 Å². The van der Waals surface area contributed by atoms with E-state index in [9.17, 15) is 14.4 Å². The van der Waals surface area contributed by atoms with Gasteiger partial charge in [0.2, 0.25) is 5.78 Å². The van der Waals surface area contributed by atoms with E-state index in [1.807, 2.05) is 25.5 Å². The molecule has 0 aliphatic rings. The van der Waals surface area contributed by atoms with Crippen molar-refractivity contribution in [3.63, 3.8) is 0 Å². The lowest BCUT2D eigenvalue weighted by atomic mass is 10.1. The summed E-state index contributed by atoms with van der Waals surface area (Å²) in [7, 11) is 1.87. The smallest absolute Gasteiger partial charge is 0.325 e. The number of hydrogen-bond donors (Lipinski definition) is 1. The van der Waals surface area contributed by atoms with Gasteiger partial charge in [0.15, 0.2) is 6.61 Å². The molecule has 0 spiro atoms. The number of nitrogens with one attached hydrogen (secondary N) is 1. The van der Waals surface area contributed by atoms with Crippen LogP contribution in [0.1, 0.15) is 32.1 Å². The molecule has 6 nitrogen and oxygen atoms in total. The van der Waals surface area contributed by atoms with Gasteiger partial charge >= 0.3 is 5.97 Å². The highest BCUT2D eigenvalue weighted by molar-refractivity contribution is 9.10. The molecular formula is C18H19BrN2O4. The van der Waals surface area contributed by atoms with Gasteiger partial charge in [-0.1, -0.05) is 12.1 Å². The van der Waals surface area contributed by atoms with Crippen LogP contribution in [0.15, 0.2) is 34.8 Å². The fourth-order valence-corrected chi connectivity index (χ4v) is 2.77. The highest BCUT2D eigenvalue weighted by Crippen LogP contribution is 2.15. The first kappa shape index (κ1) is 18.9. The quantitative estimate of drug-likeness (QED) is 0.590. The maximum Gasteiger partial charge on any atom is 0.325 e. The number of amides is 1. The number of ketones is 1. The van der Waals surface area contributed by atoms with Crippen LogP contribution in [0.5, 0.6) is 0 Å². The zero-order chi connectivity index (χ0) is 18.6. The fraction of sp³-hybridized carbons (Fsp3) is 0.278. The van der Waals surface area contributed by atoms with Crippen LogP contribution in [0, 0.1) is 13.8 Å². The average Bonchev–Trinajstić information content (AvgIpc) is 2.85. The lowest BCUT2D eigenvalue weighted by Gasteiger charge is -2.07. The number of aromatic nitrogens is 1. The lowest BCUT2D eigenvalue weighted by molar-refractivity contribution is -0.141. The summed E-state index contributed by atoms with van der Waals surface area (Å²) < 4.78 is 7.48. The molecule has 0 unspecified atom stereocenters. The Morgan fingerprint density at radius 1 is 1.16 bits per heavy atom. The number of carbonyl (C=O) groups is 3. The van der Waals surface area contributed by atoms with Gasteiger partial charge in [-0.05, 0) is 48.0 Å². The monoisotopic (exact) mass is 406 g/mol. The number of Topliss-reactive ketones (excluding diaryl/α,β-unsaturated/α-hetero) is 1. The maximum absolute atomic E-state index is 12.2. The molecule has 2 aromatic rings. The second-order valence-corrected chi connectivity index (χ2v) is 6.44. The first-order valence-electron chi connectivity index (χ1n) is 7.65. The second kappa shape index (κ2) is 8.11. The highest BCUT2D eigenvalue weighted by atomic mass is 79.9. The number of halogens is 1. The molecule has 0 aliphatic carbocycles. The van der Waals surface area contributed by atoms with Gasteiger partial charge in [0.25, 0.3) is 5.91 Å². The molecule has 0 fully saturated rings. The van der Waals surface area contributed by atoms with Crippen molar-refractivity contribution in [2.24, 2.45) is 7.05 Å². The normalized spacial score (nSPS) is 10.4. The Bertz CT molecular complexity index is 826. The molecule has 132 valence electrons. The molecule has 1 N–H and O–H groups in total. The van der Waals surface area contributed by atoms with E-state index >= 15 is 0 Å². The Hall–Kier alpha value is -2.41. The van der Waals surface area contributed by atoms with Crippen LogP contribution in [0.25, 0.3) is 0 Å². The van der Waals surface area contributed by atoms with Crippen molar-refractivity contribution < 1.29 is 19.1 Å². The first-order valence-corrected chi connectivity index (χ1v) is 8.45. The largest absolute Gasteiger partial charge is 0.456 e. The molecule has 0 atom stereocenters. The summed E-state index contributed by atoms with van der Waals surface area (Å²) in [5.74, 6) is -1.34. The van der Waals surface area contributed by atoms with E-state index in [0.717, 1.165) is 11.4 Å². The molecular weight excluding hydrogens is 388 g/mol. The van der Waals surface area contributed by atoms with Gasteiger partial charge in [0.1, 0.15) is 6.54 Å².